The second-order valence-corrected chi connectivity index (χ2v) is 25.2. The van der Waals surface area contributed by atoms with Gasteiger partial charge < -0.3 is 72.3 Å². The number of aliphatic hydroxyl groups excluding tert-OH is 2. The van der Waals surface area contributed by atoms with Gasteiger partial charge in [-0.2, -0.15) is 0 Å². The second kappa shape index (κ2) is 26.2. The molecule has 3 aromatic rings. The molecule has 17 nitrogen and oxygen atoms in total. The Balaban J connectivity index is 0.000000277. The third-order valence-corrected chi connectivity index (χ3v) is 19.3. The molecule has 6 aliphatic rings. The SMILES string of the molecule is CCC(C(=O)[O-])C1CCC(C)C(C(C)C(O)C(C)C(=O)C(CC)C2OC3(C=CC(O)C4(CCC(C)(C5CCC(O)(CC)C(C)O5)O4)O3)C(C)CC2C)O1.COc1ccc(-c2c(OC)c3c(OC)c4c(cc3oc2=O)OC(C)(C)C=C4)cc1.[Na+]. The second-order valence-electron chi connectivity index (χ2n) is 25.2. The number of methoxy groups -OCH3 is 3. The number of aliphatic hydroxyl groups is 3. The molecule has 3 N–H and O–H groups in total. The van der Waals surface area contributed by atoms with Gasteiger partial charge in [-0.15, -0.1) is 0 Å². The first-order valence-electron chi connectivity index (χ1n) is 29.9. The molecular weight excluding hydrogens is 1080 g/mol. The Hall–Kier alpha value is -3.85. The van der Waals surface area contributed by atoms with Gasteiger partial charge in [0.05, 0.1) is 74.7 Å². The Labute approximate surface area is 512 Å². The largest absolute Gasteiger partial charge is 1.00 e. The van der Waals surface area contributed by atoms with Gasteiger partial charge in [0.25, 0.3) is 0 Å². The van der Waals surface area contributed by atoms with E-state index in [1.54, 1.807) is 63.6 Å². The summed E-state index contributed by atoms with van der Waals surface area (Å²) < 4.78 is 61.7. The molecule has 1 aromatic heterocycles. The average Bonchev–Trinajstić information content (AvgIpc) is 2.46. The van der Waals surface area contributed by atoms with E-state index in [1.807, 2.05) is 67.5 Å². The van der Waals surface area contributed by atoms with Crippen molar-refractivity contribution in [2.24, 2.45) is 41.4 Å². The molecule has 0 aliphatic carbocycles. The molecule has 6 aliphatic heterocycles. The molecule has 0 radical (unpaired) electrons. The first kappa shape index (κ1) is 66.7. The van der Waals surface area contributed by atoms with Crippen LogP contribution in [0, 0.1) is 41.4 Å². The maximum Gasteiger partial charge on any atom is 1.00 e. The molecule has 2 aromatic carbocycles. The van der Waals surface area contributed by atoms with Gasteiger partial charge >= 0.3 is 35.2 Å². The predicted molar refractivity (Wildman–Crippen MR) is 307 cm³/mol. The van der Waals surface area contributed by atoms with Crippen LogP contribution in [0.4, 0.5) is 0 Å². The number of ether oxygens (including phenoxy) is 9. The van der Waals surface area contributed by atoms with Gasteiger partial charge in [0.15, 0.2) is 5.79 Å². The van der Waals surface area contributed by atoms with E-state index in [1.165, 1.54) is 7.11 Å². The van der Waals surface area contributed by atoms with Crippen LogP contribution in [0.3, 0.4) is 0 Å². The maximum absolute atomic E-state index is 14.4. The van der Waals surface area contributed by atoms with Crippen LogP contribution in [0.1, 0.15) is 153 Å². The molecule has 4 saturated heterocycles. The van der Waals surface area contributed by atoms with Gasteiger partial charge in [0, 0.05) is 48.0 Å². The van der Waals surface area contributed by atoms with Crippen LogP contribution in [-0.2, 0) is 33.3 Å². The molecule has 0 saturated carbocycles. The molecular formula is C65H91NaO17. The van der Waals surface area contributed by atoms with Gasteiger partial charge in [0.1, 0.15) is 57.0 Å². The summed E-state index contributed by atoms with van der Waals surface area (Å²) in [4.78, 5) is 39.1. The Morgan fingerprint density at radius 3 is 2.11 bits per heavy atom. The quantitative estimate of drug-likeness (QED) is 0.0787. The van der Waals surface area contributed by atoms with Crippen LogP contribution in [0.2, 0.25) is 0 Å². The summed E-state index contributed by atoms with van der Waals surface area (Å²) in [6, 6.07) is 8.84. The van der Waals surface area contributed by atoms with Crippen LogP contribution in [-0.4, -0.2) is 120 Å². The van der Waals surface area contributed by atoms with Crippen LogP contribution < -0.4 is 59.2 Å². The number of carboxylic acids is 1. The molecule has 2 spiro atoms. The minimum atomic E-state index is -1.37. The van der Waals surface area contributed by atoms with Crippen molar-refractivity contribution in [1.29, 1.82) is 0 Å². The van der Waals surface area contributed by atoms with E-state index in [2.05, 4.69) is 20.8 Å². The van der Waals surface area contributed by atoms with Crippen molar-refractivity contribution in [3.05, 3.63) is 64.5 Å². The van der Waals surface area contributed by atoms with Crippen LogP contribution in [0.15, 0.2) is 57.8 Å². The monoisotopic (exact) mass is 1170 g/mol. The summed E-state index contributed by atoms with van der Waals surface area (Å²) in [7, 11) is 4.68. The molecule has 0 amide bonds. The van der Waals surface area contributed by atoms with E-state index >= 15 is 0 Å². The predicted octanol–water partition coefficient (Wildman–Crippen LogP) is 6.53. The summed E-state index contributed by atoms with van der Waals surface area (Å²) in [5.41, 5.74) is -0.528. The third kappa shape index (κ3) is 12.9. The van der Waals surface area contributed by atoms with Gasteiger partial charge in [-0.05, 0) is 139 Å². The van der Waals surface area contributed by atoms with Crippen molar-refractivity contribution >= 4 is 28.8 Å². The summed E-state index contributed by atoms with van der Waals surface area (Å²) in [6.45, 7) is 23.4. The molecule has 7 heterocycles. The van der Waals surface area contributed by atoms with Gasteiger partial charge in [0.2, 0.25) is 5.79 Å². The van der Waals surface area contributed by atoms with E-state index in [9.17, 15) is 34.8 Å². The topological polar surface area (TPSA) is 231 Å². The van der Waals surface area contributed by atoms with E-state index in [-0.39, 0.29) is 65.3 Å². The zero-order valence-corrected chi connectivity index (χ0v) is 53.9. The van der Waals surface area contributed by atoms with Crippen LogP contribution in [0.25, 0.3) is 28.2 Å². The van der Waals surface area contributed by atoms with Gasteiger partial charge in [-0.1, -0.05) is 67.5 Å². The van der Waals surface area contributed by atoms with Crippen LogP contribution >= 0.6 is 0 Å². The fourth-order valence-electron chi connectivity index (χ4n) is 14.0. The number of carbonyl (C=O) groups is 2. The molecule has 454 valence electrons. The van der Waals surface area contributed by atoms with E-state index in [0.29, 0.717) is 103 Å². The molecule has 18 heteroatoms. The van der Waals surface area contributed by atoms with E-state index in [4.69, 9.17) is 47.0 Å². The molecule has 4 fully saturated rings. The first-order valence-corrected chi connectivity index (χ1v) is 29.9. The number of hydrogen-bond donors (Lipinski definition) is 3. The number of benzene rings is 2. The first-order chi connectivity index (χ1) is 38.7. The Kier molecular flexibility index (Phi) is 21.1. The molecule has 18 atom stereocenters. The third-order valence-electron chi connectivity index (χ3n) is 19.3. The normalized spacial score (nSPS) is 34.5. The standard InChI is InChI=1S/C42H70O11.C23H22O6.Na/c1-11-29(38(46)47)31-15-14-23(4)36(50-31)27(8)34(44)26(7)35(45)30(12-2)37-24(5)22-25(6)41(51-37)19-16-32(43)42(53-41)21-20-39(10,52-42)33-17-18-40(48,13-3)28(9)49-33;1-23(2)11-10-15-16(29-23)12-17-19(20(15)26-4)21(27-5)18(22(24)28-17)13-6-8-14(25-3)9-7-13;/h16,19,23-34,36-37,43-44,48H,11-15,17-18,20-22H2,1-10H3,(H,46,47);6-12H,1-5H3;/q;;+1/p-1. The van der Waals surface area contributed by atoms with Crippen molar-refractivity contribution in [3.8, 4) is 34.1 Å². The summed E-state index contributed by atoms with van der Waals surface area (Å²) in [5, 5.41) is 46.6. The number of rotatable bonds is 16. The number of ketones is 1. The number of carbonyl (C=O) groups excluding carboxylic acids is 2. The average molecular weight is 1170 g/mol. The summed E-state index contributed by atoms with van der Waals surface area (Å²) in [6.07, 6.45) is 9.13. The van der Waals surface area contributed by atoms with Crippen LogP contribution in [0.5, 0.6) is 23.0 Å². The van der Waals surface area contributed by atoms with Crippen molar-refractivity contribution < 1.29 is 107 Å². The minimum absolute atomic E-state index is 0. The van der Waals surface area contributed by atoms with Crippen molar-refractivity contribution in [2.45, 2.75) is 218 Å². The zero-order valence-electron chi connectivity index (χ0n) is 51.9. The van der Waals surface area contributed by atoms with Gasteiger partial charge in [-0.3, -0.25) is 4.79 Å². The fraction of sp³-hybridized carbons (Fsp3) is 0.677. The molecule has 18 unspecified atom stereocenters. The summed E-state index contributed by atoms with van der Waals surface area (Å²) in [5.74, 6) is -4.04. The number of carboxylic acid groups (broad SMARTS) is 1. The minimum Gasteiger partial charge on any atom is -0.550 e. The number of fused-ring (bicyclic) bond motifs is 2. The van der Waals surface area contributed by atoms with E-state index < -0.39 is 94.2 Å². The molecule has 9 rings (SSSR count). The molecule has 83 heavy (non-hydrogen) atoms. The van der Waals surface area contributed by atoms with Crippen molar-refractivity contribution in [3.63, 3.8) is 0 Å². The fourth-order valence-corrected chi connectivity index (χ4v) is 14.0. The van der Waals surface area contributed by atoms with Gasteiger partial charge in [-0.25, -0.2) is 4.79 Å². The van der Waals surface area contributed by atoms with Crippen molar-refractivity contribution in [1.82, 2.24) is 0 Å². The summed E-state index contributed by atoms with van der Waals surface area (Å²) >= 11 is 0. The van der Waals surface area contributed by atoms with Crippen molar-refractivity contribution in [2.75, 3.05) is 21.3 Å². The Morgan fingerprint density at radius 2 is 1.51 bits per heavy atom. The molecule has 0 bridgehead atoms. The smallest absolute Gasteiger partial charge is 0.550 e. The zero-order chi connectivity index (χ0) is 60.0. The number of hydrogen-bond acceptors (Lipinski definition) is 17. The Bertz CT molecular complexity index is 2880. The van der Waals surface area contributed by atoms with E-state index in [0.717, 1.165) is 12.0 Å². The number of aliphatic carboxylic acids is 1. The number of Topliss-reactive ketones (excluding diaryl/α,β-unsaturated/α-hetero) is 1. The Morgan fingerprint density at radius 1 is 0.831 bits per heavy atom. The maximum atomic E-state index is 14.4.